The van der Waals surface area contributed by atoms with Gasteiger partial charge >= 0.3 is 0 Å². The highest BCUT2D eigenvalue weighted by Gasteiger charge is 2.17. The third-order valence-corrected chi connectivity index (χ3v) is 4.51. The Bertz CT molecular complexity index is 1050. The predicted molar refractivity (Wildman–Crippen MR) is 101 cm³/mol. The lowest BCUT2D eigenvalue weighted by molar-refractivity contribution is 0.0945. The molecule has 0 radical (unpaired) electrons. The molecule has 2 aromatic heterocycles. The van der Waals surface area contributed by atoms with Crippen molar-refractivity contribution in [2.24, 2.45) is 0 Å². The molecule has 0 fully saturated rings. The van der Waals surface area contributed by atoms with E-state index in [2.05, 4.69) is 15.5 Å². The molecule has 6 heteroatoms. The molecule has 4 rings (SSSR count). The lowest BCUT2D eigenvalue weighted by atomic mass is 10.1. The minimum Gasteiger partial charge on any atom is -0.363 e. The van der Waals surface area contributed by atoms with E-state index in [1.807, 2.05) is 54.7 Å². The third kappa shape index (κ3) is 3.21. The molecule has 5 nitrogen and oxygen atoms in total. The van der Waals surface area contributed by atoms with Crippen molar-refractivity contribution in [2.45, 2.75) is 6.42 Å². The molecule has 0 bridgehead atoms. The molecule has 1 amide bonds. The van der Waals surface area contributed by atoms with Gasteiger partial charge in [-0.3, -0.25) is 4.79 Å². The molecule has 0 aliphatic rings. The van der Waals surface area contributed by atoms with Crippen molar-refractivity contribution >= 4 is 28.4 Å². The van der Waals surface area contributed by atoms with Crippen molar-refractivity contribution in [3.63, 3.8) is 0 Å². The van der Waals surface area contributed by atoms with Crippen molar-refractivity contribution in [3.05, 3.63) is 77.3 Å². The molecular formula is C20H16ClN3O2. The maximum absolute atomic E-state index is 12.5. The van der Waals surface area contributed by atoms with Crippen LogP contribution in [-0.4, -0.2) is 22.6 Å². The van der Waals surface area contributed by atoms with Gasteiger partial charge in [0.05, 0.1) is 5.56 Å². The van der Waals surface area contributed by atoms with E-state index in [1.165, 1.54) is 6.26 Å². The largest absolute Gasteiger partial charge is 0.363 e. The Morgan fingerprint density at radius 1 is 1.19 bits per heavy atom. The second-order valence-corrected chi connectivity index (χ2v) is 6.39. The van der Waals surface area contributed by atoms with E-state index in [-0.39, 0.29) is 11.6 Å². The molecule has 130 valence electrons. The van der Waals surface area contributed by atoms with Gasteiger partial charge in [-0.15, -0.1) is 0 Å². The summed E-state index contributed by atoms with van der Waals surface area (Å²) in [6, 6.07) is 15.3. The van der Waals surface area contributed by atoms with Gasteiger partial charge in [0.1, 0.15) is 6.26 Å². The Balaban J connectivity index is 1.45. The van der Waals surface area contributed by atoms with Gasteiger partial charge in [-0.25, -0.2) is 0 Å². The number of hydrogen-bond acceptors (Lipinski definition) is 3. The molecule has 26 heavy (non-hydrogen) atoms. The van der Waals surface area contributed by atoms with Crippen molar-refractivity contribution in [3.8, 4) is 11.1 Å². The molecule has 0 atom stereocenters. The van der Waals surface area contributed by atoms with Crippen LogP contribution in [0.15, 0.2) is 65.5 Å². The number of carbonyl (C=O) groups is 1. The van der Waals surface area contributed by atoms with Crippen molar-refractivity contribution < 1.29 is 9.32 Å². The second kappa shape index (κ2) is 7.06. The molecule has 0 aliphatic carbocycles. The summed E-state index contributed by atoms with van der Waals surface area (Å²) in [7, 11) is 0. The lowest BCUT2D eigenvalue weighted by Gasteiger charge is -2.05. The topological polar surface area (TPSA) is 70.9 Å². The van der Waals surface area contributed by atoms with E-state index >= 15 is 0 Å². The summed E-state index contributed by atoms with van der Waals surface area (Å²) >= 11 is 6.07. The van der Waals surface area contributed by atoms with Crippen LogP contribution in [0.2, 0.25) is 5.02 Å². The van der Waals surface area contributed by atoms with Crippen LogP contribution in [0.1, 0.15) is 16.1 Å². The fourth-order valence-electron chi connectivity index (χ4n) is 2.97. The highest BCUT2D eigenvalue weighted by Crippen LogP contribution is 2.24. The summed E-state index contributed by atoms with van der Waals surface area (Å²) in [5.74, 6) is -0.254. The second-order valence-electron chi connectivity index (χ2n) is 5.95. The third-order valence-electron chi connectivity index (χ3n) is 4.28. The van der Waals surface area contributed by atoms with Crippen LogP contribution in [0.3, 0.4) is 0 Å². The van der Waals surface area contributed by atoms with Crippen molar-refractivity contribution in [2.75, 3.05) is 6.54 Å². The molecule has 2 heterocycles. The van der Waals surface area contributed by atoms with E-state index in [1.54, 1.807) is 0 Å². The van der Waals surface area contributed by atoms with Gasteiger partial charge in [0.25, 0.3) is 5.91 Å². The number of fused-ring (bicyclic) bond motifs is 1. The number of nitrogens with zero attached hydrogens (tertiary/aromatic N) is 1. The Hall–Kier alpha value is -3.05. The maximum Gasteiger partial charge on any atom is 0.274 e. The fourth-order valence-corrected chi connectivity index (χ4v) is 3.15. The first-order valence-corrected chi connectivity index (χ1v) is 8.63. The number of halogens is 1. The van der Waals surface area contributed by atoms with Gasteiger partial charge < -0.3 is 14.8 Å². The summed E-state index contributed by atoms with van der Waals surface area (Å²) in [5, 5.41) is 8.52. The standard InChI is InChI=1S/C20H16ClN3O2/c21-15-6-7-18-16(10-15)14(11-23-18)8-9-22-20(25)19-17(12-26-24-19)13-4-2-1-3-5-13/h1-7,10-12,23H,8-9H2,(H,22,25). The highest BCUT2D eigenvalue weighted by atomic mass is 35.5. The first-order chi connectivity index (χ1) is 12.7. The number of carbonyl (C=O) groups excluding carboxylic acids is 1. The highest BCUT2D eigenvalue weighted by molar-refractivity contribution is 6.31. The van der Waals surface area contributed by atoms with Gasteiger partial charge in [-0.05, 0) is 35.7 Å². The Kier molecular flexibility index (Phi) is 4.46. The number of amides is 1. The Labute approximate surface area is 155 Å². The number of hydrogen-bond donors (Lipinski definition) is 2. The van der Waals surface area contributed by atoms with Crippen LogP contribution in [0.5, 0.6) is 0 Å². The Morgan fingerprint density at radius 3 is 2.88 bits per heavy atom. The summed E-state index contributed by atoms with van der Waals surface area (Å²) in [4.78, 5) is 15.7. The van der Waals surface area contributed by atoms with Crippen molar-refractivity contribution in [1.29, 1.82) is 0 Å². The van der Waals surface area contributed by atoms with Crippen LogP contribution in [0, 0.1) is 0 Å². The summed E-state index contributed by atoms with van der Waals surface area (Å²) in [6.07, 6.45) is 4.12. The molecular weight excluding hydrogens is 350 g/mol. The lowest BCUT2D eigenvalue weighted by Crippen LogP contribution is -2.26. The molecule has 4 aromatic rings. The zero-order valence-corrected chi connectivity index (χ0v) is 14.6. The van der Waals surface area contributed by atoms with Gasteiger partial charge in [0, 0.05) is 28.7 Å². The number of aromatic nitrogens is 2. The minimum absolute atomic E-state index is 0.254. The number of nitrogens with one attached hydrogen (secondary N) is 2. The molecule has 0 unspecified atom stereocenters. The fraction of sp³-hybridized carbons (Fsp3) is 0.100. The predicted octanol–water partition coefficient (Wildman–Crippen LogP) is 4.45. The maximum atomic E-state index is 12.5. The van der Waals surface area contributed by atoms with E-state index < -0.39 is 0 Å². The van der Waals surface area contributed by atoms with Gasteiger partial charge in [0.2, 0.25) is 0 Å². The van der Waals surface area contributed by atoms with Crippen LogP contribution in [0.25, 0.3) is 22.0 Å². The smallest absolute Gasteiger partial charge is 0.274 e. The van der Waals surface area contributed by atoms with E-state index in [0.29, 0.717) is 23.6 Å². The molecule has 0 aliphatic heterocycles. The van der Waals surface area contributed by atoms with Crippen LogP contribution in [-0.2, 0) is 6.42 Å². The summed E-state index contributed by atoms with van der Waals surface area (Å²) in [5.41, 5.74) is 4.00. The first kappa shape index (κ1) is 16.4. The van der Waals surface area contributed by atoms with Crippen LogP contribution >= 0.6 is 11.6 Å². The average molecular weight is 366 g/mol. The molecule has 2 aromatic carbocycles. The summed E-state index contributed by atoms with van der Waals surface area (Å²) in [6.45, 7) is 0.486. The normalized spacial score (nSPS) is 11.0. The zero-order valence-electron chi connectivity index (χ0n) is 13.8. The number of benzene rings is 2. The number of aromatic amines is 1. The average Bonchev–Trinajstić information content (AvgIpc) is 3.30. The quantitative estimate of drug-likeness (QED) is 0.549. The van der Waals surface area contributed by atoms with E-state index in [9.17, 15) is 4.79 Å². The molecule has 2 N–H and O–H groups in total. The van der Waals surface area contributed by atoms with Crippen molar-refractivity contribution in [1.82, 2.24) is 15.5 Å². The first-order valence-electron chi connectivity index (χ1n) is 8.26. The molecule has 0 spiro atoms. The molecule has 0 saturated heterocycles. The monoisotopic (exact) mass is 365 g/mol. The van der Waals surface area contributed by atoms with E-state index in [0.717, 1.165) is 22.0 Å². The zero-order chi connectivity index (χ0) is 17.9. The summed E-state index contributed by atoms with van der Waals surface area (Å²) < 4.78 is 5.01. The van der Waals surface area contributed by atoms with Crippen LogP contribution in [0.4, 0.5) is 0 Å². The van der Waals surface area contributed by atoms with Crippen LogP contribution < -0.4 is 5.32 Å². The molecule has 0 saturated carbocycles. The van der Waals surface area contributed by atoms with E-state index in [4.69, 9.17) is 16.1 Å². The Morgan fingerprint density at radius 2 is 2.04 bits per heavy atom. The SMILES string of the molecule is O=C(NCCc1c[nH]c2ccc(Cl)cc12)c1nocc1-c1ccccc1. The number of H-pyrrole nitrogens is 1. The number of rotatable bonds is 5. The van der Waals surface area contributed by atoms with Gasteiger partial charge in [-0.2, -0.15) is 0 Å². The van der Waals surface area contributed by atoms with Gasteiger partial charge in [0.15, 0.2) is 5.69 Å². The minimum atomic E-state index is -0.254. The van der Waals surface area contributed by atoms with Gasteiger partial charge in [-0.1, -0.05) is 47.1 Å².